The molecule has 5 nitrogen and oxygen atoms in total. The van der Waals surface area contributed by atoms with Gasteiger partial charge in [-0.3, -0.25) is 4.79 Å². The summed E-state index contributed by atoms with van der Waals surface area (Å²) in [4.78, 5) is 10.6. The molecule has 0 radical (unpaired) electrons. The summed E-state index contributed by atoms with van der Waals surface area (Å²) in [5, 5.41) is 24.6. The molecule has 146 valence electrons. The lowest BCUT2D eigenvalue weighted by Gasteiger charge is -2.14. The third-order valence-corrected chi connectivity index (χ3v) is 4.00. The van der Waals surface area contributed by atoms with Gasteiger partial charge in [0.15, 0.2) is 11.6 Å². The number of anilines is 1. The maximum absolute atomic E-state index is 13.9. The Morgan fingerprint density at radius 1 is 1.15 bits per heavy atom. The Morgan fingerprint density at radius 3 is 2.56 bits per heavy atom. The number of benzene rings is 2. The molecule has 0 aliphatic heterocycles. The predicted molar refractivity (Wildman–Crippen MR) is 95.4 cm³/mol. The number of nitrogens with one attached hydrogen (secondary N) is 2. The highest BCUT2D eigenvalue weighted by Gasteiger charge is 2.20. The summed E-state index contributed by atoms with van der Waals surface area (Å²) < 4.78 is 41.5. The SMILES string of the molecule is O=C(O)Cc1c(F)cc(NCCNCC(O)c2cccc(Cl)c2)c(F)c1F. The van der Waals surface area contributed by atoms with E-state index in [1.807, 2.05) is 0 Å². The average molecular weight is 403 g/mol. The van der Waals surface area contributed by atoms with Crippen molar-refractivity contribution in [3.63, 3.8) is 0 Å². The molecule has 1 atom stereocenters. The Balaban J connectivity index is 1.86. The maximum atomic E-state index is 13.9. The molecule has 0 bridgehead atoms. The minimum absolute atomic E-state index is 0.121. The van der Waals surface area contributed by atoms with Gasteiger partial charge in [0.1, 0.15) is 5.82 Å². The Hall–Kier alpha value is -2.29. The topological polar surface area (TPSA) is 81.6 Å². The van der Waals surface area contributed by atoms with E-state index in [0.29, 0.717) is 10.6 Å². The number of carbonyl (C=O) groups is 1. The van der Waals surface area contributed by atoms with Crippen molar-refractivity contribution >= 4 is 23.3 Å². The van der Waals surface area contributed by atoms with E-state index < -0.39 is 47.2 Å². The number of hydrogen-bond acceptors (Lipinski definition) is 4. The molecule has 0 heterocycles. The number of aliphatic hydroxyl groups excluding tert-OH is 1. The highest BCUT2D eigenvalue weighted by atomic mass is 35.5. The highest BCUT2D eigenvalue weighted by molar-refractivity contribution is 6.30. The first-order valence-corrected chi connectivity index (χ1v) is 8.43. The average Bonchev–Trinajstić information content (AvgIpc) is 2.62. The number of carboxylic acids is 1. The van der Waals surface area contributed by atoms with Gasteiger partial charge in [0.2, 0.25) is 0 Å². The smallest absolute Gasteiger partial charge is 0.308 e. The minimum Gasteiger partial charge on any atom is -0.481 e. The van der Waals surface area contributed by atoms with Crippen molar-refractivity contribution in [1.29, 1.82) is 0 Å². The summed E-state index contributed by atoms with van der Waals surface area (Å²) in [6.45, 7) is 0.596. The lowest BCUT2D eigenvalue weighted by Crippen LogP contribution is -2.27. The summed E-state index contributed by atoms with van der Waals surface area (Å²) >= 11 is 5.85. The Morgan fingerprint density at radius 2 is 1.89 bits per heavy atom. The van der Waals surface area contributed by atoms with Gasteiger partial charge in [0.05, 0.1) is 18.2 Å². The molecule has 4 N–H and O–H groups in total. The molecule has 0 spiro atoms. The van der Waals surface area contributed by atoms with Gasteiger partial charge in [-0.1, -0.05) is 23.7 Å². The Kier molecular flexibility index (Phi) is 7.46. The van der Waals surface area contributed by atoms with Crippen LogP contribution in [0.15, 0.2) is 30.3 Å². The van der Waals surface area contributed by atoms with Gasteiger partial charge in [-0.25, -0.2) is 13.2 Å². The van der Waals surface area contributed by atoms with Gasteiger partial charge < -0.3 is 20.8 Å². The van der Waals surface area contributed by atoms with Crippen LogP contribution >= 0.6 is 11.6 Å². The van der Waals surface area contributed by atoms with Crippen molar-refractivity contribution in [2.75, 3.05) is 25.0 Å². The van der Waals surface area contributed by atoms with E-state index in [4.69, 9.17) is 16.7 Å². The monoisotopic (exact) mass is 402 g/mol. The van der Waals surface area contributed by atoms with Crippen LogP contribution in [0.1, 0.15) is 17.2 Å². The molecule has 0 fully saturated rings. The first-order chi connectivity index (χ1) is 12.8. The normalized spacial score (nSPS) is 12.0. The lowest BCUT2D eigenvalue weighted by molar-refractivity contribution is -0.136. The molecule has 2 rings (SSSR count). The fourth-order valence-corrected chi connectivity index (χ4v) is 2.63. The summed E-state index contributed by atoms with van der Waals surface area (Å²) in [6.07, 6.45) is -1.75. The van der Waals surface area contributed by atoms with Crippen LogP contribution in [0.4, 0.5) is 18.9 Å². The van der Waals surface area contributed by atoms with Crippen molar-refractivity contribution in [2.45, 2.75) is 12.5 Å². The molecule has 27 heavy (non-hydrogen) atoms. The second kappa shape index (κ2) is 9.59. The van der Waals surface area contributed by atoms with Gasteiger partial charge in [0, 0.05) is 36.3 Å². The number of carboxylic acid groups (broad SMARTS) is 1. The summed E-state index contributed by atoms with van der Waals surface area (Å²) in [7, 11) is 0. The lowest BCUT2D eigenvalue weighted by atomic mass is 10.1. The predicted octanol–water partition coefficient (Wildman–Crippen LogP) is 3.12. The summed E-state index contributed by atoms with van der Waals surface area (Å²) in [5.41, 5.74) is -0.600. The maximum Gasteiger partial charge on any atom is 0.308 e. The quantitative estimate of drug-likeness (QED) is 0.383. The third-order valence-electron chi connectivity index (χ3n) is 3.77. The number of halogens is 4. The van der Waals surface area contributed by atoms with Crippen molar-refractivity contribution in [1.82, 2.24) is 5.32 Å². The van der Waals surface area contributed by atoms with Crippen molar-refractivity contribution in [2.24, 2.45) is 0 Å². The molecule has 0 aliphatic carbocycles. The zero-order valence-corrected chi connectivity index (χ0v) is 14.9. The van der Waals surface area contributed by atoms with Crippen LogP contribution in [0, 0.1) is 17.5 Å². The van der Waals surface area contributed by atoms with Crippen LogP contribution in [0.2, 0.25) is 5.02 Å². The molecular weight excluding hydrogens is 385 g/mol. The van der Waals surface area contributed by atoms with Crippen molar-refractivity contribution in [3.05, 3.63) is 63.9 Å². The van der Waals surface area contributed by atoms with Gasteiger partial charge in [-0.05, 0) is 17.7 Å². The molecule has 2 aromatic rings. The van der Waals surface area contributed by atoms with E-state index in [0.717, 1.165) is 6.07 Å². The number of rotatable bonds is 9. The van der Waals surface area contributed by atoms with E-state index >= 15 is 0 Å². The zero-order chi connectivity index (χ0) is 20.0. The second-order valence-corrected chi connectivity index (χ2v) is 6.22. The molecular formula is C18H18ClF3N2O3. The largest absolute Gasteiger partial charge is 0.481 e. The van der Waals surface area contributed by atoms with E-state index in [-0.39, 0.29) is 19.6 Å². The van der Waals surface area contributed by atoms with Crippen molar-refractivity contribution in [3.8, 4) is 0 Å². The van der Waals surface area contributed by atoms with E-state index in [1.165, 1.54) is 0 Å². The molecule has 0 amide bonds. The minimum atomic E-state index is -1.52. The molecule has 9 heteroatoms. The number of aliphatic carboxylic acids is 1. The fraction of sp³-hybridized carbons (Fsp3) is 0.278. The Labute approximate surface area is 158 Å². The van der Waals surface area contributed by atoms with E-state index in [2.05, 4.69) is 10.6 Å². The van der Waals surface area contributed by atoms with Crippen LogP contribution in [0.3, 0.4) is 0 Å². The number of hydrogen-bond donors (Lipinski definition) is 4. The second-order valence-electron chi connectivity index (χ2n) is 5.78. The van der Waals surface area contributed by atoms with Crippen LogP contribution in [-0.2, 0) is 11.2 Å². The van der Waals surface area contributed by atoms with Gasteiger partial charge in [-0.15, -0.1) is 0 Å². The van der Waals surface area contributed by atoms with Gasteiger partial charge in [-0.2, -0.15) is 0 Å². The highest BCUT2D eigenvalue weighted by Crippen LogP contribution is 2.24. The molecule has 0 saturated carbocycles. The molecule has 2 aromatic carbocycles. The standard InChI is InChI=1S/C18H18ClF3N2O3/c19-11-3-1-2-10(6-11)15(25)9-23-4-5-24-14-8-13(20)12(7-16(26)27)17(21)18(14)22/h1-3,6,8,15,23-25H,4-5,7,9H2,(H,26,27). The first kappa shape index (κ1) is 21.0. The van der Waals surface area contributed by atoms with E-state index in [9.17, 15) is 23.1 Å². The molecule has 0 aromatic heterocycles. The van der Waals surface area contributed by atoms with Crippen molar-refractivity contribution < 1.29 is 28.2 Å². The van der Waals surface area contributed by atoms with Crippen LogP contribution in [0.5, 0.6) is 0 Å². The number of aliphatic hydroxyl groups is 1. The summed E-state index contributed by atoms with van der Waals surface area (Å²) in [6, 6.07) is 7.46. The van der Waals surface area contributed by atoms with Crippen LogP contribution in [0.25, 0.3) is 0 Å². The fourth-order valence-electron chi connectivity index (χ4n) is 2.43. The van der Waals surface area contributed by atoms with Gasteiger partial charge >= 0.3 is 5.97 Å². The van der Waals surface area contributed by atoms with Gasteiger partial charge in [0.25, 0.3) is 0 Å². The first-order valence-electron chi connectivity index (χ1n) is 8.06. The molecule has 0 aliphatic rings. The Bertz CT molecular complexity index is 821. The van der Waals surface area contributed by atoms with Crippen LogP contribution < -0.4 is 10.6 Å². The molecule has 1 unspecified atom stereocenters. The van der Waals surface area contributed by atoms with Crippen LogP contribution in [-0.4, -0.2) is 35.8 Å². The zero-order valence-electron chi connectivity index (χ0n) is 14.1. The third kappa shape index (κ3) is 5.85. The van der Waals surface area contributed by atoms with E-state index in [1.54, 1.807) is 24.3 Å². The summed E-state index contributed by atoms with van der Waals surface area (Å²) in [5.74, 6) is -5.46. The molecule has 0 saturated heterocycles.